The van der Waals surface area contributed by atoms with Crippen molar-refractivity contribution in [3.63, 3.8) is 0 Å². The quantitative estimate of drug-likeness (QED) is 0.469. The van der Waals surface area contributed by atoms with Gasteiger partial charge in [0.15, 0.2) is 5.96 Å². The van der Waals surface area contributed by atoms with Crippen LogP contribution < -0.4 is 16.0 Å². The fourth-order valence-electron chi connectivity index (χ4n) is 1.91. The van der Waals surface area contributed by atoms with Crippen molar-refractivity contribution in [2.75, 3.05) is 26.7 Å². The van der Waals surface area contributed by atoms with E-state index in [0.29, 0.717) is 25.5 Å². The van der Waals surface area contributed by atoms with E-state index in [-0.39, 0.29) is 23.5 Å². The fourth-order valence-corrected chi connectivity index (χ4v) is 1.91. The summed E-state index contributed by atoms with van der Waals surface area (Å²) < 4.78 is 5.50. The molecule has 0 saturated carbocycles. The van der Waals surface area contributed by atoms with Crippen molar-refractivity contribution in [1.29, 1.82) is 0 Å². The molecular formula is C16H34N4O2. The summed E-state index contributed by atoms with van der Waals surface area (Å²) in [6, 6.07) is 0.170. The topological polar surface area (TPSA) is 74.8 Å². The van der Waals surface area contributed by atoms with E-state index in [2.05, 4.69) is 41.7 Å². The summed E-state index contributed by atoms with van der Waals surface area (Å²) >= 11 is 0. The van der Waals surface area contributed by atoms with Gasteiger partial charge in [-0.2, -0.15) is 0 Å². The zero-order chi connectivity index (χ0) is 17.2. The monoisotopic (exact) mass is 314 g/mol. The van der Waals surface area contributed by atoms with Crippen LogP contribution in [0.25, 0.3) is 0 Å². The van der Waals surface area contributed by atoms with Gasteiger partial charge in [-0.15, -0.1) is 0 Å². The average Bonchev–Trinajstić information content (AvgIpc) is 2.36. The minimum absolute atomic E-state index is 0.0344. The maximum absolute atomic E-state index is 11.6. The lowest BCUT2D eigenvalue weighted by molar-refractivity contribution is -0.121. The molecule has 0 spiro atoms. The van der Waals surface area contributed by atoms with E-state index in [1.807, 2.05) is 20.8 Å². The molecule has 0 radical (unpaired) electrons. The van der Waals surface area contributed by atoms with Crippen molar-refractivity contribution < 1.29 is 9.53 Å². The Kier molecular flexibility index (Phi) is 9.81. The molecule has 1 amide bonds. The number of hydrogen-bond acceptors (Lipinski definition) is 3. The number of nitrogens with zero attached hydrogens (tertiary/aromatic N) is 1. The van der Waals surface area contributed by atoms with E-state index in [1.54, 1.807) is 7.11 Å². The van der Waals surface area contributed by atoms with Gasteiger partial charge in [0.25, 0.3) is 0 Å². The molecule has 0 aromatic carbocycles. The van der Waals surface area contributed by atoms with Gasteiger partial charge in [-0.1, -0.05) is 20.8 Å². The molecule has 0 bridgehead atoms. The summed E-state index contributed by atoms with van der Waals surface area (Å²) in [6.45, 7) is 14.2. The molecule has 0 saturated heterocycles. The first-order valence-electron chi connectivity index (χ1n) is 8.05. The first-order valence-corrected chi connectivity index (χ1v) is 8.05. The molecule has 1 unspecified atom stereocenters. The second-order valence-corrected chi connectivity index (χ2v) is 6.71. The Morgan fingerprint density at radius 3 is 2.32 bits per heavy atom. The molecular weight excluding hydrogens is 280 g/mol. The van der Waals surface area contributed by atoms with Crippen LogP contribution in [0.2, 0.25) is 0 Å². The summed E-state index contributed by atoms with van der Waals surface area (Å²) in [5.74, 6) is 0.758. The van der Waals surface area contributed by atoms with Crippen molar-refractivity contribution in [2.24, 2.45) is 10.4 Å². The van der Waals surface area contributed by atoms with Gasteiger partial charge in [-0.05, 0) is 26.2 Å². The second-order valence-electron chi connectivity index (χ2n) is 6.71. The molecule has 0 heterocycles. The van der Waals surface area contributed by atoms with Crippen molar-refractivity contribution in [3.8, 4) is 0 Å². The maximum atomic E-state index is 11.6. The van der Waals surface area contributed by atoms with E-state index in [4.69, 9.17) is 4.74 Å². The maximum Gasteiger partial charge on any atom is 0.221 e. The van der Waals surface area contributed by atoms with E-state index in [0.717, 1.165) is 6.54 Å². The number of hydrogen-bond donors (Lipinski definition) is 3. The molecule has 0 fully saturated rings. The van der Waals surface area contributed by atoms with Crippen LogP contribution in [0.15, 0.2) is 4.99 Å². The van der Waals surface area contributed by atoms with Gasteiger partial charge in [-0.25, -0.2) is 0 Å². The highest BCUT2D eigenvalue weighted by Crippen LogP contribution is 2.21. The summed E-state index contributed by atoms with van der Waals surface area (Å²) in [5, 5.41) is 9.23. The van der Waals surface area contributed by atoms with Crippen LogP contribution in [0.1, 0.15) is 48.0 Å². The molecule has 0 aliphatic carbocycles. The third-order valence-electron chi connectivity index (χ3n) is 3.10. The second kappa shape index (κ2) is 10.4. The Balaban J connectivity index is 4.40. The lowest BCUT2D eigenvalue weighted by Gasteiger charge is -2.28. The average molecular weight is 314 g/mol. The standard InChI is InChI=1S/C16H34N4O2/c1-8-17-15(18-10-9-14(21)20-12(2)3)19-11-13(22-7)16(4,5)6/h12-13H,8-11H2,1-7H3,(H,20,21)(H2,17,18,19). The van der Waals surface area contributed by atoms with Crippen LogP contribution in [0.4, 0.5) is 0 Å². The first kappa shape index (κ1) is 20.7. The van der Waals surface area contributed by atoms with E-state index in [1.165, 1.54) is 0 Å². The smallest absolute Gasteiger partial charge is 0.221 e. The van der Waals surface area contributed by atoms with Gasteiger partial charge in [0.05, 0.1) is 12.6 Å². The number of ether oxygens (including phenoxy) is 1. The van der Waals surface area contributed by atoms with Crippen LogP contribution in [0.3, 0.4) is 0 Å². The van der Waals surface area contributed by atoms with Crippen LogP contribution in [0.5, 0.6) is 0 Å². The summed E-state index contributed by atoms with van der Waals surface area (Å²) in [7, 11) is 1.71. The number of carbonyl (C=O) groups excluding carboxylic acids is 1. The molecule has 0 aliphatic rings. The lowest BCUT2D eigenvalue weighted by Crippen LogP contribution is -2.41. The van der Waals surface area contributed by atoms with Gasteiger partial charge >= 0.3 is 0 Å². The lowest BCUT2D eigenvalue weighted by atomic mass is 9.89. The van der Waals surface area contributed by atoms with Crippen LogP contribution in [-0.2, 0) is 9.53 Å². The van der Waals surface area contributed by atoms with Crippen LogP contribution >= 0.6 is 0 Å². The largest absolute Gasteiger partial charge is 0.379 e. The minimum atomic E-state index is 0.0344. The summed E-state index contributed by atoms with van der Waals surface area (Å²) in [6.07, 6.45) is 0.474. The Bertz CT molecular complexity index is 349. The van der Waals surface area contributed by atoms with Crippen LogP contribution in [0, 0.1) is 5.41 Å². The summed E-state index contributed by atoms with van der Waals surface area (Å²) in [4.78, 5) is 16.2. The molecule has 6 heteroatoms. The van der Waals surface area contributed by atoms with Crippen molar-refractivity contribution in [2.45, 2.75) is 60.1 Å². The van der Waals surface area contributed by atoms with Crippen molar-refractivity contribution in [1.82, 2.24) is 16.0 Å². The molecule has 0 aliphatic heterocycles. The Labute approximate surface area is 135 Å². The number of aliphatic imine (C=N–C) groups is 1. The third-order valence-corrected chi connectivity index (χ3v) is 3.10. The molecule has 130 valence electrons. The molecule has 0 rings (SSSR count). The molecule has 6 nitrogen and oxygen atoms in total. The number of guanidine groups is 1. The van der Waals surface area contributed by atoms with Gasteiger partial charge in [0, 0.05) is 32.7 Å². The van der Waals surface area contributed by atoms with Gasteiger partial charge in [-0.3, -0.25) is 9.79 Å². The van der Waals surface area contributed by atoms with Crippen LogP contribution in [-0.4, -0.2) is 50.8 Å². The van der Waals surface area contributed by atoms with Crippen molar-refractivity contribution >= 4 is 11.9 Å². The number of carbonyl (C=O) groups is 1. The molecule has 3 N–H and O–H groups in total. The number of amides is 1. The molecule has 22 heavy (non-hydrogen) atoms. The fraction of sp³-hybridized carbons (Fsp3) is 0.875. The Morgan fingerprint density at radius 2 is 1.86 bits per heavy atom. The van der Waals surface area contributed by atoms with E-state index >= 15 is 0 Å². The van der Waals surface area contributed by atoms with Gasteiger partial charge in [0.1, 0.15) is 0 Å². The number of nitrogens with one attached hydrogen (secondary N) is 3. The summed E-state index contributed by atoms with van der Waals surface area (Å²) in [5.41, 5.74) is 0.0344. The van der Waals surface area contributed by atoms with E-state index in [9.17, 15) is 4.79 Å². The number of methoxy groups -OCH3 is 1. The highest BCUT2D eigenvalue weighted by molar-refractivity contribution is 5.81. The SMILES string of the molecule is CCNC(=NCC(OC)C(C)(C)C)NCCC(=O)NC(C)C. The first-order chi connectivity index (χ1) is 10.2. The van der Waals surface area contributed by atoms with Crippen molar-refractivity contribution in [3.05, 3.63) is 0 Å². The number of rotatable bonds is 8. The highest BCUT2D eigenvalue weighted by Gasteiger charge is 2.24. The zero-order valence-electron chi connectivity index (χ0n) is 15.2. The van der Waals surface area contributed by atoms with Gasteiger partial charge < -0.3 is 20.7 Å². The minimum Gasteiger partial charge on any atom is -0.379 e. The third kappa shape index (κ3) is 9.60. The predicted molar refractivity (Wildman–Crippen MR) is 92.1 cm³/mol. The predicted octanol–water partition coefficient (Wildman–Crippen LogP) is 1.52. The molecule has 0 aromatic rings. The Hall–Kier alpha value is -1.30. The highest BCUT2D eigenvalue weighted by atomic mass is 16.5. The molecule has 1 atom stereocenters. The van der Waals surface area contributed by atoms with Gasteiger partial charge in [0.2, 0.25) is 5.91 Å². The molecule has 0 aromatic heterocycles. The normalized spacial score (nSPS) is 13.9. The van der Waals surface area contributed by atoms with E-state index < -0.39 is 0 Å². The Morgan fingerprint density at radius 1 is 1.23 bits per heavy atom. The zero-order valence-corrected chi connectivity index (χ0v) is 15.2.